The molecule has 0 aromatic carbocycles. The van der Waals surface area contributed by atoms with Crippen molar-refractivity contribution in [2.75, 3.05) is 0 Å². The van der Waals surface area contributed by atoms with E-state index in [-0.39, 0.29) is 23.7 Å². The van der Waals surface area contributed by atoms with Crippen LogP contribution in [0.4, 0.5) is 0 Å². The van der Waals surface area contributed by atoms with Crippen LogP contribution in [-0.2, 0) is 0 Å². The van der Waals surface area contributed by atoms with Crippen LogP contribution in [0.1, 0.15) is 56.0 Å². The Bertz CT molecular complexity index is 835. The number of hydrogen-bond donors (Lipinski definition) is 2. The number of aliphatic hydroxyl groups is 1. The van der Waals surface area contributed by atoms with Gasteiger partial charge in [0.25, 0.3) is 5.56 Å². The van der Waals surface area contributed by atoms with Crippen molar-refractivity contribution in [2.24, 2.45) is 0 Å². The van der Waals surface area contributed by atoms with E-state index in [4.69, 9.17) is 0 Å². The van der Waals surface area contributed by atoms with Crippen molar-refractivity contribution in [1.29, 1.82) is 0 Å². The van der Waals surface area contributed by atoms with Crippen molar-refractivity contribution >= 4 is 0 Å². The molecule has 4 rings (SSSR count). The Morgan fingerprint density at radius 1 is 1.08 bits per heavy atom. The van der Waals surface area contributed by atoms with E-state index < -0.39 is 0 Å². The van der Waals surface area contributed by atoms with Gasteiger partial charge >= 0.3 is 0 Å². The molecule has 0 bridgehead atoms. The second-order valence-electron chi connectivity index (χ2n) is 7.74. The lowest BCUT2D eigenvalue weighted by Crippen LogP contribution is -2.52. The van der Waals surface area contributed by atoms with Gasteiger partial charge in [0.2, 0.25) is 0 Å². The van der Waals surface area contributed by atoms with Gasteiger partial charge < -0.3 is 10.4 Å². The molecular formula is C19H27N5O2. The highest BCUT2D eigenvalue weighted by Gasteiger charge is 2.32. The minimum atomic E-state index is -0.186. The van der Waals surface area contributed by atoms with E-state index in [2.05, 4.69) is 15.5 Å². The molecule has 140 valence electrons. The van der Waals surface area contributed by atoms with Crippen molar-refractivity contribution in [3.05, 3.63) is 39.9 Å². The van der Waals surface area contributed by atoms with E-state index in [0.29, 0.717) is 11.9 Å². The minimum Gasteiger partial charge on any atom is -0.392 e. The van der Waals surface area contributed by atoms with Crippen molar-refractivity contribution in [2.45, 2.75) is 76.6 Å². The first-order chi connectivity index (χ1) is 12.5. The molecule has 7 heteroatoms. The molecule has 2 aliphatic rings. The maximum absolute atomic E-state index is 12.4. The number of aliphatic hydroxyl groups excluding tert-OH is 1. The van der Waals surface area contributed by atoms with Crippen LogP contribution in [0, 0.1) is 13.8 Å². The zero-order chi connectivity index (χ0) is 18.3. The van der Waals surface area contributed by atoms with Gasteiger partial charge in [-0.15, -0.1) is 5.10 Å². The number of aryl methyl sites for hydroxylation is 2. The fraction of sp³-hybridized carbons (Fsp3) is 0.632. The van der Waals surface area contributed by atoms with Gasteiger partial charge in [-0.25, -0.2) is 9.36 Å². The summed E-state index contributed by atoms with van der Waals surface area (Å²) in [6.07, 6.45) is 5.65. The van der Waals surface area contributed by atoms with Crippen LogP contribution in [-0.4, -0.2) is 42.9 Å². The third-order valence-corrected chi connectivity index (χ3v) is 5.77. The zero-order valence-electron chi connectivity index (χ0n) is 15.4. The van der Waals surface area contributed by atoms with Crippen LogP contribution in [0.15, 0.2) is 23.0 Å². The molecule has 2 fully saturated rings. The number of nitrogens with zero attached hydrogens (tertiary/aromatic N) is 4. The number of hydrogen-bond acceptors (Lipinski definition) is 5. The highest BCUT2D eigenvalue weighted by molar-refractivity contribution is 5.24. The molecule has 2 unspecified atom stereocenters. The second-order valence-corrected chi connectivity index (χ2v) is 7.74. The number of nitrogens with one attached hydrogen (secondary N) is 1. The topological polar surface area (TPSA) is 85.0 Å². The van der Waals surface area contributed by atoms with Crippen molar-refractivity contribution in [3.8, 4) is 5.82 Å². The molecule has 2 N–H and O–H groups in total. The molecule has 7 nitrogen and oxygen atoms in total. The summed E-state index contributed by atoms with van der Waals surface area (Å²) in [6, 6.07) is 6.15. The van der Waals surface area contributed by atoms with Crippen molar-refractivity contribution < 1.29 is 5.11 Å². The first-order valence-corrected chi connectivity index (χ1v) is 9.59. The van der Waals surface area contributed by atoms with E-state index in [1.165, 1.54) is 0 Å². The monoisotopic (exact) mass is 357 g/mol. The molecule has 2 aromatic rings. The summed E-state index contributed by atoms with van der Waals surface area (Å²) in [5.41, 5.74) is 1.89. The SMILES string of the molecule is Cc1cc(C)n(-c2ccc(=O)n(C3CCC(NC4CCC4O)CC3)n2)n1. The summed E-state index contributed by atoms with van der Waals surface area (Å²) < 4.78 is 3.43. The number of rotatable bonds is 4. The van der Waals surface area contributed by atoms with Crippen LogP contribution >= 0.6 is 0 Å². The Morgan fingerprint density at radius 3 is 2.42 bits per heavy atom. The average Bonchev–Trinajstić information content (AvgIpc) is 2.97. The highest BCUT2D eigenvalue weighted by atomic mass is 16.3. The van der Waals surface area contributed by atoms with Gasteiger partial charge in [-0.05, 0) is 64.5 Å². The molecule has 2 heterocycles. The molecule has 2 atom stereocenters. The van der Waals surface area contributed by atoms with Crippen LogP contribution in [0.25, 0.3) is 5.82 Å². The van der Waals surface area contributed by atoms with E-state index in [0.717, 1.165) is 49.9 Å². The van der Waals surface area contributed by atoms with Crippen molar-refractivity contribution in [1.82, 2.24) is 24.9 Å². The lowest BCUT2D eigenvalue weighted by Gasteiger charge is -2.38. The largest absolute Gasteiger partial charge is 0.392 e. The van der Waals surface area contributed by atoms with E-state index >= 15 is 0 Å². The van der Waals surface area contributed by atoms with Crippen LogP contribution in [0.2, 0.25) is 0 Å². The van der Waals surface area contributed by atoms with Gasteiger partial charge in [0.15, 0.2) is 5.82 Å². The molecule has 0 amide bonds. The minimum absolute atomic E-state index is 0.0545. The molecule has 2 aromatic heterocycles. The van der Waals surface area contributed by atoms with Gasteiger partial charge in [-0.2, -0.15) is 5.10 Å². The average molecular weight is 357 g/mol. The summed E-state index contributed by atoms with van der Waals surface area (Å²) in [7, 11) is 0. The maximum atomic E-state index is 12.4. The third-order valence-electron chi connectivity index (χ3n) is 5.77. The summed E-state index contributed by atoms with van der Waals surface area (Å²) >= 11 is 0. The zero-order valence-corrected chi connectivity index (χ0v) is 15.4. The molecular weight excluding hydrogens is 330 g/mol. The predicted octanol–water partition coefficient (Wildman–Crippen LogP) is 1.64. The van der Waals surface area contributed by atoms with Gasteiger partial charge in [0.05, 0.1) is 17.8 Å². The van der Waals surface area contributed by atoms with Crippen molar-refractivity contribution in [3.63, 3.8) is 0 Å². The molecule has 2 saturated carbocycles. The summed E-state index contributed by atoms with van der Waals surface area (Å²) in [5, 5.41) is 22.4. The molecule has 0 spiro atoms. The summed E-state index contributed by atoms with van der Waals surface area (Å²) in [5.74, 6) is 0.688. The van der Waals surface area contributed by atoms with Crippen LogP contribution in [0.3, 0.4) is 0 Å². The molecule has 26 heavy (non-hydrogen) atoms. The van der Waals surface area contributed by atoms with Gasteiger partial charge in [0, 0.05) is 23.8 Å². The normalized spacial score (nSPS) is 28.7. The quantitative estimate of drug-likeness (QED) is 0.869. The Kier molecular flexibility index (Phi) is 4.67. The van der Waals surface area contributed by atoms with E-state index in [9.17, 15) is 9.90 Å². The van der Waals surface area contributed by atoms with E-state index in [1.54, 1.807) is 21.5 Å². The summed E-state index contributed by atoms with van der Waals surface area (Å²) in [6.45, 7) is 3.94. The van der Waals surface area contributed by atoms with Gasteiger partial charge in [-0.3, -0.25) is 4.79 Å². The van der Waals surface area contributed by atoms with Crippen LogP contribution < -0.4 is 10.9 Å². The Labute approximate surface area is 153 Å². The Morgan fingerprint density at radius 2 is 1.85 bits per heavy atom. The maximum Gasteiger partial charge on any atom is 0.267 e. The molecule has 0 saturated heterocycles. The second kappa shape index (κ2) is 6.96. The highest BCUT2D eigenvalue weighted by Crippen LogP contribution is 2.29. The molecule has 0 radical (unpaired) electrons. The molecule has 2 aliphatic carbocycles. The first kappa shape index (κ1) is 17.4. The fourth-order valence-electron chi connectivity index (χ4n) is 4.12. The lowest BCUT2D eigenvalue weighted by atomic mass is 9.85. The van der Waals surface area contributed by atoms with Gasteiger partial charge in [0.1, 0.15) is 0 Å². The lowest BCUT2D eigenvalue weighted by molar-refractivity contribution is 0.0397. The first-order valence-electron chi connectivity index (χ1n) is 9.59. The summed E-state index contributed by atoms with van der Waals surface area (Å²) in [4.78, 5) is 12.4. The van der Waals surface area contributed by atoms with Gasteiger partial charge in [-0.1, -0.05) is 0 Å². The fourth-order valence-corrected chi connectivity index (χ4v) is 4.12. The third kappa shape index (κ3) is 3.33. The smallest absolute Gasteiger partial charge is 0.267 e. The van der Waals surface area contributed by atoms with Crippen LogP contribution in [0.5, 0.6) is 0 Å². The standard InChI is InChI=1S/C19H27N5O2/c1-12-11-13(2)23(21-12)18-9-10-19(26)24(22-18)15-5-3-14(4-6-15)20-16-7-8-17(16)25/h9-11,14-17,20,25H,3-8H2,1-2H3. The molecule has 0 aliphatic heterocycles. The predicted molar refractivity (Wildman–Crippen MR) is 98.6 cm³/mol. The Hall–Kier alpha value is -1.99. The number of aromatic nitrogens is 4. The Balaban J connectivity index is 1.47. The van der Waals surface area contributed by atoms with E-state index in [1.807, 2.05) is 19.9 Å².